The van der Waals surface area contributed by atoms with Crippen LogP contribution < -0.4 is 14.8 Å². The maximum absolute atomic E-state index is 12.9. The molecular formula is C21H25N3O4S. The minimum Gasteiger partial charge on any atom is -0.495 e. The van der Waals surface area contributed by atoms with Gasteiger partial charge in [-0.15, -0.1) is 0 Å². The van der Waals surface area contributed by atoms with Gasteiger partial charge in [-0.2, -0.15) is 0 Å². The van der Waals surface area contributed by atoms with Crippen molar-refractivity contribution in [2.24, 2.45) is 0 Å². The molecule has 0 fully saturated rings. The van der Waals surface area contributed by atoms with Crippen molar-refractivity contribution in [2.45, 2.75) is 38.1 Å². The molecule has 8 heteroatoms. The molecule has 0 saturated heterocycles. The molecule has 0 radical (unpaired) electrons. The largest absolute Gasteiger partial charge is 0.495 e. The van der Waals surface area contributed by atoms with Crippen LogP contribution in [0.5, 0.6) is 5.75 Å². The molecule has 0 spiro atoms. The van der Waals surface area contributed by atoms with Crippen LogP contribution in [0, 0.1) is 6.92 Å². The number of benzene rings is 2. The number of aromatic nitrogens is 1. The zero-order chi connectivity index (χ0) is 21.2. The molecule has 1 heterocycles. The monoisotopic (exact) mass is 415 g/mol. The number of anilines is 1. The number of fused-ring (bicyclic) bond motifs is 1. The molecule has 0 saturated carbocycles. The number of ether oxygens (including phenoxy) is 1. The van der Waals surface area contributed by atoms with Gasteiger partial charge in [-0.3, -0.25) is 4.79 Å². The highest BCUT2D eigenvalue weighted by Crippen LogP contribution is 2.28. The average molecular weight is 416 g/mol. The molecular weight excluding hydrogens is 390 g/mol. The second kappa shape index (κ2) is 8.26. The van der Waals surface area contributed by atoms with E-state index in [9.17, 15) is 13.2 Å². The number of hydrogen-bond acceptors (Lipinski definition) is 4. The van der Waals surface area contributed by atoms with Crippen molar-refractivity contribution < 1.29 is 17.9 Å². The van der Waals surface area contributed by atoms with Crippen LogP contribution >= 0.6 is 0 Å². The van der Waals surface area contributed by atoms with Gasteiger partial charge >= 0.3 is 0 Å². The minimum atomic E-state index is -3.77. The molecule has 3 N–H and O–H groups in total. The second-order valence-corrected chi connectivity index (χ2v) is 8.80. The smallest absolute Gasteiger partial charge is 0.240 e. The third-order valence-corrected chi connectivity index (χ3v) is 6.27. The van der Waals surface area contributed by atoms with E-state index in [1.54, 1.807) is 0 Å². The maximum atomic E-state index is 12.9. The van der Waals surface area contributed by atoms with Crippen LogP contribution in [-0.4, -0.2) is 32.5 Å². The molecule has 0 bridgehead atoms. The van der Waals surface area contributed by atoms with Crippen molar-refractivity contribution in [3.8, 4) is 5.75 Å². The summed E-state index contributed by atoms with van der Waals surface area (Å²) in [6, 6.07) is 10.1. The lowest BCUT2D eigenvalue weighted by Crippen LogP contribution is -2.34. The molecule has 2 aromatic carbocycles. The number of amides is 1. The number of aryl methyl sites for hydroxylation is 1. The summed E-state index contributed by atoms with van der Waals surface area (Å²) in [6.45, 7) is 5.21. The fraction of sp³-hybridized carbons (Fsp3) is 0.286. The SMILES string of the molecule is COc1ccc(S(=O)(=O)N[C@H](C)Cc2c[nH]c3c(C)cccc23)cc1NC(C)=O. The molecule has 1 atom stereocenters. The average Bonchev–Trinajstić information content (AvgIpc) is 3.05. The lowest BCUT2D eigenvalue weighted by Gasteiger charge is -2.16. The van der Waals surface area contributed by atoms with Crippen molar-refractivity contribution >= 4 is 32.5 Å². The van der Waals surface area contributed by atoms with Crippen LogP contribution in [0.1, 0.15) is 25.0 Å². The Morgan fingerprint density at radius 3 is 2.69 bits per heavy atom. The zero-order valence-electron chi connectivity index (χ0n) is 16.9. The normalized spacial score (nSPS) is 12.7. The quantitative estimate of drug-likeness (QED) is 0.551. The summed E-state index contributed by atoms with van der Waals surface area (Å²) < 4.78 is 33.6. The number of carbonyl (C=O) groups is 1. The number of carbonyl (C=O) groups excluding carboxylic acids is 1. The van der Waals surface area contributed by atoms with E-state index in [-0.39, 0.29) is 16.8 Å². The molecule has 3 rings (SSSR count). The Kier molecular flexibility index (Phi) is 5.95. The van der Waals surface area contributed by atoms with Gasteiger partial charge in [-0.05, 0) is 49.6 Å². The van der Waals surface area contributed by atoms with Crippen LogP contribution in [0.25, 0.3) is 10.9 Å². The summed E-state index contributed by atoms with van der Waals surface area (Å²) in [5.41, 5.74) is 3.56. The Balaban J connectivity index is 1.81. The van der Waals surface area contributed by atoms with E-state index in [0.717, 1.165) is 22.0 Å². The topological polar surface area (TPSA) is 100 Å². The minimum absolute atomic E-state index is 0.0590. The summed E-state index contributed by atoms with van der Waals surface area (Å²) in [7, 11) is -2.32. The standard InChI is InChI=1S/C21H25N3O4S/c1-13-6-5-7-18-16(12-22-21(13)18)10-14(2)24-29(26,27)17-8-9-20(28-4)19(11-17)23-15(3)25/h5-9,11-12,14,22,24H,10H2,1-4H3,(H,23,25)/t14-/m1/s1. The van der Waals surface area contributed by atoms with Gasteiger partial charge in [0, 0.05) is 30.1 Å². The molecule has 1 aromatic heterocycles. The van der Waals surface area contributed by atoms with Crippen LogP contribution in [-0.2, 0) is 21.2 Å². The van der Waals surface area contributed by atoms with E-state index >= 15 is 0 Å². The first-order valence-corrected chi connectivity index (χ1v) is 10.7. The van der Waals surface area contributed by atoms with Gasteiger partial charge in [0.2, 0.25) is 15.9 Å². The fourth-order valence-corrected chi connectivity index (χ4v) is 4.65. The lowest BCUT2D eigenvalue weighted by molar-refractivity contribution is -0.114. The highest BCUT2D eigenvalue weighted by Gasteiger charge is 2.20. The van der Waals surface area contributed by atoms with E-state index in [2.05, 4.69) is 15.0 Å². The zero-order valence-corrected chi connectivity index (χ0v) is 17.7. The summed E-state index contributed by atoms with van der Waals surface area (Å²) in [5, 5.41) is 3.68. The molecule has 1 amide bonds. The van der Waals surface area contributed by atoms with Gasteiger partial charge in [-0.25, -0.2) is 13.1 Å². The van der Waals surface area contributed by atoms with Gasteiger partial charge in [0.25, 0.3) is 0 Å². The van der Waals surface area contributed by atoms with Crippen LogP contribution in [0.4, 0.5) is 5.69 Å². The molecule has 154 valence electrons. The predicted molar refractivity (Wildman–Crippen MR) is 114 cm³/mol. The Bertz CT molecular complexity index is 1150. The summed E-state index contributed by atoms with van der Waals surface area (Å²) in [6.07, 6.45) is 2.46. The van der Waals surface area contributed by atoms with Crippen molar-refractivity contribution in [1.29, 1.82) is 0 Å². The number of para-hydroxylation sites is 1. The summed E-state index contributed by atoms with van der Waals surface area (Å²) in [4.78, 5) is 14.7. The van der Waals surface area contributed by atoms with E-state index in [1.165, 1.54) is 32.2 Å². The molecule has 0 unspecified atom stereocenters. The van der Waals surface area contributed by atoms with Crippen molar-refractivity contribution in [3.05, 3.63) is 53.7 Å². The molecule has 0 aliphatic rings. The van der Waals surface area contributed by atoms with E-state index in [1.807, 2.05) is 38.2 Å². The lowest BCUT2D eigenvalue weighted by atomic mass is 10.1. The summed E-state index contributed by atoms with van der Waals surface area (Å²) in [5.74, 6) is 0.0789. The van der Waals surface area contributed by atoms with Gasteiger partial charge < -0.3 is 15.0 Å². The number of sulfonamides is 1. The third-order valence-electron chi connectivity index (χ3n) is 4.68. The van der Waals surface area contributed by atoms with Gasteiger partial charge in [0.05, 0.1) is 17.7 Å². The van der Waals surface area contributed by atoms with Crippen LogP contribution in [0.2, 0.25) is 0 Å². The van der Waals surface area contributed by atoms with E-state index < -0.39 is 10.0 Å². The first-order chi connectivity index (χ1) is 13.7. The number of nitrogens with one attached hydrogen (secondary N) is 3. The first kappa shape index (κ1) is 20.9. The van der Waals surface area contributed by atoms with Gasteiger partial charge in [-0.1, -0.05) is 18.2 Å². The Morgan fingerprint density at radius 2 is 2.00 bits per heavy atom. The third kappa shape index (κ3) is 4.60. The number of hydrogen-bond donors (Lipinski definition) is 3. The predicted octanol–water partition coefficient (Wildman–Crippen LogP) is 3.35. The van der Waals surface area contributed by atoms with Crippen molar-refractivity contribution in [3.63, 3.8) is 0 Å². The van der Waals surface area contributed by atoms with Crippen LogP contribution in [0.15, 0.2) is 47.5 Å². The highest BCUT2D eigenvalue weighted by molar-refractivity contribution is 7.89. The maximum Gasteiger partial charge on any atom is 0.240 e. The van der Waals surface area contributed by atoms with Crippen LogP contribution in [0.3, 0.4) is 0 Å². The Labute approximate surface area is 170 Å². The number of methoxy groups -OCH3 is 1. The van der Waals surface area contributed by atoms with E-state index in [0.29, 0.717) is 17.9 Å². The first-order valence-electron chi connectivity index (χ1n) is 9.25. The molecule has 7 nitrogen and oxygen atoms in total. The van der Waals surface area contributed by atoms with Crippen molar-refractivity contribution in [1.82, 2.24) is 9.71 Å². The molecule has 29 heavy (non-hydrogen) atoms. The number of rotatable bonds is 7. The Hall–Kier alpha value is -2.84. The number of aromatic amines is 1. The second-order valence-electron chi connectivity index (χ2n) is 7.08. The number of H-pyrrole nitrogens is 1. The Morgan fingerprint density at radius 1 is 1.24 bits per heavy atom. The molecule has 3 aromatic rings. The van der Waals surface area contributed by atoms with Gasteiger partial charge in [0.1, 0.15) is 5.75 Å². The molecule has 0 aliphatic heterocycles. The van der Waals surface area contributed by atoms with Crippen molar-refractivity contribution in [2.75, 3.05) is 12.4 Å². The fourth-order valence-electron chi connectivity index (χ4n) is 3.38. The summed E-state index contributed by atoms with van der Waals surface area (Å²) >= 11 is 0. The van der Waals surface area contributed by atoms with E-state index in [4.69, 9.17) is 4.74 Å². The highest BCUT2D eigenvalue weighted by atomic mass is 32.2. The van der Waals surface area contributed by atoms with Gasteiger partial charge in [0.15, 0.2) is 0 Å². The molecule has 0 aliphatic carbocycles.